The first-order valence-corrected chi connectivity index (χ1v) is 5.94. The monoisotopic (exact) mass is 238 g/mol. The summed E-state index contributed by atoms with van der Waals surface area (Å²) in [5, 5.41) is 8.00. The van der Waals surface area contributed by atoms with Crippen LogP contribution in [0.3, 0.4) is 0 Å². The lowest BCUT2D eigenvalue weighted by Gasteiger charge is -1.90. The molecule has 2 aromatic heterocycles. The number of likely N-dealkylation sites (N-methyl/N-ethyl adjacent to an activating group) is 1. The van der Waals surface area contributed by atoms with Crippen molar-refractivity contribution in [2.24, 2.45) is 0 Å². The highest BCUT2D eigenvalue weighted by Gasteiger charge is 2.14. The quantitative estimate of drug-likeness (QED) is 0.876. The van der Waals surface area contributed by atoms with Gasteiger partial charge < -0.3 is 9.84 Å². The van der Waals surface area contributed by atoms with E-state index in [1.54, 1.807) is 11.3 Å². The number of hydrogen-bond donors (Lipinski definition) is 1. The van der Waals surface area contributed by atoms with Gasteiger partial charge in [0.25, 0.3) is 5.89 Å². The summed E-state index contributed by atoms with van der Waals surface area (Å²) in [6.45, 7) is 4.77. The van der Waals surface area contributed by atoms with Crippen molar-refractivity contribution in [3.8, 4) is 10.8 Å². The molecule has 0 bridgehead atoms. The van der Waals surface area contributed by atoms with Crippen molar-refractivity contribution in [2.75, 3.05) is 13.6 Å². The molecule has 0 amide bonds. The first-order valence-electron chi connectivity index (χ1n) is 5.12. The van der Waals surface area contributed by atoms with Gasteiger partial charge in [-0.3, -0.25) is 0 Å². The van der Waals surface area contributed by atoms with Crippen molar-refractivity contribution in [1.82, 2.24) is 20.4 Å². The highest BCUT2D eigenvalue weighted by molar-refractivity contribution is 7.15. The van der Waals surface area contributed by atoms with E-state index >= 15 is 0 Å². The molecule has 2 rings (SSSR count). The minimum Gasteiger partial charge on any atom is -0.333 e. The van der Waals surface area contributed by atoms with Gasteiger partial charge in [-0.2, -0.15) is 4.98 Å². The van der Waals surface area contributed by atoms with Crippen molar-refractivity contribution >= 4 is 11.3 Å². The van der Waals surface area contributed by atoms with Crippen LogP contribution in [0.2, 0.25) is 0 Å². The standard InChI is InChI=1S/C10H14N4OS/c1-6-9(16-7(2)12-6)10-13-8(14-15-10)4-5-11-3/h11H,4-5H2,1-3H3. The van der Waals surface area contributed by atoms with Gasteiger partial charge in [-0.05, 0) is 20.9 Å². The van der Waals surface area contributed by atoms with Gasteiger partial charge in [0.1, 0.15) is 4.88 Å². The third-order valence-corrected chi connectivity index (χ3v) is 3.23. The summed E-state index contributed by atoms with van der Waals surface area (Å²) >= 11 is 1.58. The molecule has 5 nitrogen and oxygen atoms in total. The molecule has 6 heteroatoms. The average Bonchev–Trinajstić information content (AvgIpc) is 2.82. The highest BCUT2D eigenvalue weighted by atomic mass is 32.1. The second-order valence-corrected chi connectivity index (χ2v) is 4.72. The number of nitrogens with one attached hydrogen (secondary N) is 1. The molecule has 2 aromatic rings. The van der Waals surface area contributed by atoms with Crippen LogP contribution in [0.5, 0.6) is 0 Å². The van der Waals surface area contributed by atoms with Crippen LogP contribution < -0.4 is 5.32 Å². The van der Waals surface area contributed by atoms with Crippen LogP contribution in [0.15, 0.2) is 4.52 Å². The van der Waals surface area contributed by atoms with Gasteiger partial charge in [0.15, 0.2) is 5.82 Å². The summed E-state index contributed by atoms with van der Waals surface area (Å²) in [6.07, 6.45) is 0.775. The predicted octanol–water partition coefficient (Wildman–Crippen LogP) is 1.57. The van der Waals surface area contributed by atoms with E-state index in [1.807, 2.05) is 20.9 Å². The Morgan fingerprint density at radius 2 is 2.12 bits per heavy atom. The second-order valence-electron chi connectivity index (χ2n) is 3.52. The third kappa shape index (κ3) is 2.28. The largest absolute Gasteiger partial charge is 0.333 e. The van der Waals surface area contributed by atoms with Crippen LogP contribution in [0.25, 0.3) is 10.8 Å². The highest BCUT2D eigenvalue weighted by Crippen LogP contribution is 2.27. The Morgan fingerprint density at radius 3 is 2.75 bits per heavy atom. The lowest BCUT2D eigenvalue weighted by molar-refractivity contribution is 0.422. The smallest absolute Gasteiger partial charge is 0.269 e. The fourth-order valence-corrected chi connectivity index (χ4v) is 2.26. The Labute approximate surface area is 97.9 Å². The molecule has 0 unspecified atom stereocenters. The van der Waals surface area contributed by atoms with E-state index in [4.69, 9.17) is 4.52 Å². The fraction of sp³-hybridized carbons (Fsp3) is 0.500. The topological polar surface area (TPSA) is 63.8 Å². The van der Waals surface area contributed by atoms with Crippen LogP contribution >= 0.6 is 11.3 Å². The van der Waals surface area contributed by atoms with Gasteiger partial charge in [-0.15, -0.1) is 11.3 Å². The summed E-state index contributed by atoms with van der Waals surface area (Å²) in [7, 11) is 1.90. The predicted molar refractivity (Wildman–Crippen MR) is 62.5 cm³/mol. The maximum Gasteiger partial charge on any atom is 0.269 e. The van der Waals surface area contributed by atoms with Crippen molar-refractivity contribution in [2.45, 2.75) is 20.3 Å². The van der Waals surface area contributed by atoms with Gasteiger partial charge >= 0.3 is 0 Å². The number of aryl methyl sites for hydroxylation is 2. The van der Waals surface area contributed by atoms with Gasteiger partial charge in [0.2, 0.25) is 0 Å². The van der Waals surface area contributed by atoms with E-state index in [0.717, 1.165) is 34.4 Å². The summed E-state index contributed by atoms with van der Waals surface area (Å²) < 4.78 is 5.22. The van der Waals surface area contributed by atoms with E-state index in [9.17, 15) is 0 Å². The maximum atomic E-state index is 5.22. The van der Waals surface area contributed by atoms with E-state index < -0.39 is 0 Å². The number of rotatable bonds is 4. The lowest BCUT2D eigenvalue weighted by atomic mass is 10.4. The van der Waals surface area contributed by atoms with Crippen LogP contribution in [0.4, 0.5) is 0 Å². The van der Waals surface area contributed by atoms with Crippen molar-refractivity contribution in [3.63, 3.8) is 0 Å². The van der Waals surface area contributed by atoms with Gasteiger partial charge in [-0.25, -0.2) is 4.98 Å². The first-order chi connectivity index (χ1) is 7.70. The zero-order valence-corrected chi connectivity index (χ0v) is 10.4. The first kappa shape index (κ1) is 11.2. The molecular weight excluding hydrogens is 224 g/mol. The summed E-state index contributed by atoms with van der Waals surface area (Å²) in [5.41, 5.74) is 0.950. The Hall–Kier alpha value is -1.27. The summed E-state index contributed by atoms with van der Waals surface area (Å²) in [6, 6.07) is 0. The van der Waals surface area contributed by atoms with E-state index in [1.165, 1.54) is 0 Å². The Kier molecular flexibility index (Phi) is 3.31. The number of nitrogens with zero attached hydrogens (tertiary/aromatic N) is 3. The molecule has 1 N–H and O–H groups in total. The SMILES string of the molecule is CNCCc1noc(-c2sc(C)nc2C)n1. The van der Waals surface area contributed by atoms with E-state index in [0.29, 0.717) is 5.89 Å². The Balaban J connectivity index is 2.21. The molecule has 0 saturated heterocycles. The second kappa shape index (κ2) is 4.71. The molecule has 0 aliphatic rings. The molecule has 0 aliphatic carbocycles. The molecule has 0 saturated carbocycles. The van der Waals surface area contributed by atoms with Crippen molar-refractivity contribution < 1.29 is 4.52 Å². The zero-order valence-electron chi connectivity index (χ0n) is 9.57. The average molecular weight is 238 g/mol. The summed E-state index contributed by atoms with van der Waals surface area (Å²) in [4.78, 5) is 9.65. The summed E-state index contributed by atoms with van der Waals surface area (Å²) in [5.74, 6) is 1.31. The molecule has 0 spiro atoms. The van der Waals surface area contributed by atoms with Crippen LogP contribution in [-0.4, -0.2) is 28.7 Å². The minimum absolute atomic E-state index is 0.578. The van der Waals surface area contributed by atoms with Crippen molar-refractivity contribution in [3.05, 3.63) is 16.5 Å². The normalized spacial score (nSPS) is 10.9. The van der Waals surface area contributed by atoms with Crippen LogP contribution in [-0.2, 0) is 6.42 Å². The van der Waals surface area contributed by atoms with Gasteiger partial charge in [-0.1, -0.05) is 5.16 Å². The molecule has 0 aliphatic heterocycles. The molecular formula is C10H14N4OS. The van der Waals surface area contributed by atoms with Crippen LogP contribution in [0, 0.1) is 13.8 Å². The number of aromatic nitrogens is 3. The lowest BCUT2D eigenvalue weighted by Crippen LogP contribution is -2.10. The number of hydrogen-bond acceptors (Lipinski definition) is 6. The molecule has 2 heterocycles. The minimum atomic E-state index is 0.578. The third-order valence-electron chi connectivity index (χ3n) is 2.16. The Morgan fingerprint density at radius 1 is 1.31 bits per heavy atom. The van der Waals surface area contributed by atoms with Crippen molar-refractivity contribution in [1.29, 1.82) is 0 Å². The Bertz CT molecular complexity index is 477. The molecule has 16 heavy (non-hydrogen) atoms. The molecule has 0 radical (unpaired) electrons. The fourth-order valence-electron chi connectivity index (χ4n) is 1.41. The van der Waals surface area contributed by atoms with E-state index in [2.05, 4.69) is 20.4 Å². The van der Waals surface area contributed by atoms with Gasteiger partial charge in [0, 0.05) is 13.0 Å². The maximum absolute atomic E-state index is 5.22. The number of thiazole rings is 1. The molecule has 0 atom stereocenters. The molecule has 0 fully saturated rings. The zero-order chi connectivity index (χ0) is 11.5. The molecule has 86 valence electrons. The van der Waals surface area contributed by atoms with Crippen LogP contribution in [0.1, 0.15) is 16.5 Å². The van der Waals surface area contributed by atoms with Gasteiger partial charge in [0.05, 0.1) is 10.7 Å². The van der Waals surface area contributed by atoms with E-state index in [-0.39, 0.29) is 0 Å². The molecule has 0 aromatic carbocycles.